The summed E-state index contributed by atoms with van der Waals surface area (Å²) in [7, 11) is 0. The first-order valence-electron chi connectivity index (χ1n) is 10.0. The number of hydrogen-bond acceptors (Lipinski definition) is 3. The second kappa shape index (κ2) is 6.36. The zero-order valence-electron chi connectivity index (χ0n) is 16.4. The van der Waals surface area contributed by atoms with Crippen LogP contribution in [0.2, 0.25) is 0 Å². The number of nitrogens with zero attached hydrogens (tertiary/aromatic N) is 3. The van der Waals surface area contributed by atoms with Gasteiger partial charge in [0.2, 0.25) is 0 Å². The van der Waals surface area contributed by atoms with E-state index in [1.807, 2.05) is 11.4 Å². The molecule has 1 fully saturated rings. The monoisotopic (exact) mass is 354 g/mol. The lowest BCUT2D eigenvalue weighted by molar-refractivity contribution is 0.0905. The van der Waals surface area contributed by atoms with Gasteiger partial charge in [-0.15, -0.1) is 0 Å². The van der Waals surface area contributed by atoms with Crippen LogP contribution >= 0.6 is 0 Å². The van der Waals surface area contributed by atoms with Crippen LogP contribution in [0.15, 0.2) is 6.20 Å². The maximum Gasteiger partial charge on any atom is 0.256 e. The molecule has 0 radical (unpaired) electrons. The average molecular weight is 354 g/mol. The molecule has 2 aromatic heterocycles. The molecule has 1 saturated carbocycles. The summed E-state index contributed by atoms with van der Waals surface area (Å²) >= 11 is 0. The fourth-order valence-corrected chi connectivity index (χ4v) is 4.75. The van der Waals surface area contributed by atoms with Gasteiger partial charge in [0.15, 0.2) is 5.65 Å². The summed E-state index contributed by atoms with van der Waals surface area (Å²) in [5.41, 5.74) is 5.28. The predicted octanol–water partition coefficient (Wildman–Crippen LogP) is 3.86. The Balaban J connectivity index is 1.50. The summed E-state index contributed by atoms with van der Waals surface area (Å²) in [5.74, 6) is 0.726. The van der Waals surface area contributed by atoms with Crippen molar-refractivity contribution >= 4 is 11.6 Å². The van der Waals surface area contributed by atoms with Gasteiger partial charge in [0, 0.05) is 17.4 Å². The molecule has 1 N–H and O–H groups in total. The Labute approximate surface area is 155 Å². The van der Waals surface area contributed by atoms with Crippen molar-refractivity contribution in [3.63, 3.8) is 0 Å². The normalized spacial score (nSPS) is 23.2. The highest BCUT2D eigenvalue weighted by atomic mass is 16.1. The number of amides is 1. The van der Waals surface area contributed by atoms with Crippen molar-refractivity contribution in [1.29, 1.82) is 0 Å². The lowest BCUT2D eigenvalue weighted by Crippen LogP contribution is -2.39. The minimum Gasteiger partial charge on any atom is -0.349 e. The summed E-state index contributed by atoms with van der Waals surface area (Å²) in [4.78, 5) is 17.6. The Bertz CT molecular complexity index is 838. The number of hydrogen-bond donors (Lipinski definition) is 1. The van der Waals surface area contributed by atoms with Crippen LogP contribution in [0, 0.1) is 18.3 Å². The molecule has 26 heavy (non-hydrogen) atoms. The van der Waals surface area contributed by atoms with Crippen molar-refractivity contribution in [3.8, 4) is 0 Å². The van der Waals surface area contributed by atoms with Crippen LogP contribution in [-0.4, -0.2) is 26.5 Å². The first-order valence-corrected chi connectivity index (χ1v) is 10.0. The Morgan fingerprint density at radius 2 is 1.92 bits per heavy atom. The third kappa shape index (κ3) is 3.01. The maximum atomic E-state index is 12.9. The topological polar surface area (TPSA) is 59.3 Å². The number of aryl methyl sites for hydroxylation is 2. The number of rotatable bonds is 2. The lowest BCUT2D eigenvalue weighted by atomic mass is 9.71. The fraction of sp³-hybridized carbons (Fsp3) is 0.667. The molecule has 5 nitrogen and oxygen atoms in total. The van der Waals surface area contributed by atoms with E-state index in [-0.39, 0.29) is 11.9 Å². The molecule has 0 unspecified atom stereocenters. The molecule has 0 bridgehead atoms. The molecular formula is C21H30N4O. The minimum atomic E-state index is -0.0240. The first-order chi connectivity index (χ1) is 12.3. The molecule has 4 rings (SSSR count). The van der Waals surface area contributed by atoms with Gasteiger partial charge in [-0.25, -0.2) is 9.50 Å². The van der Waals surface area contributed by atoms with E-state index in [9.17, 15) is 4.79 Å². The van der Waals surface area contributed by atoms with Gasteiger partial charge in [0.25, 0.3) is 5.91 Å². The second-order valence-corrected chi connectivity index (χ2v) is 9.16. The quantitative estimate of drug-likeness (QED) is 0.891. The van der Waals surface area contributed by atoms with Gasteiger partial charge in [-0.1, -0.05) is 20.8 Å². The lowest BCUT2D eigenvalue weighted by Gasteiger charge is -2.37. The molecular weight excluding hydrogens is 324 g/mol. The molecule has 0 atom stereocenters. The van der Waals surface area contributed by atoms with Crippen molar-refractivity contribution in [2.45, 2.75) is 78.7 Å². The van der Waals surface area contributed by atoms with Crippen LogP contribution < -0.4 is 5.32 Å². The summed E-state index contributed by atoms with van der Waals surface area (Å²) in [6, 6.07) is 0.270. The predicted molar refractivity (Wildman–Crippen MR) is 102 cm³/mol. The molecule has 140 valence electrons. The molecule has 0 aliphatic heterocycles. The number of fused-ring (bicyclic) bond motifs is 3. The Morgan fingerprint density at radius 1 is 1.19 bits per heavy atom. The fourth-order valence-electron chi connectivity index (χ4n) is 4.75. The van der Waals surface area contributed by atoms with Gasteiger partial charge in [0.05, 0.1) is 6.20 Å². The van der Waals surface area contributed by atoms with Gasteiger partial charge >= 0.3 is 0 Å². The van der Waals surface area contributed by atoms with E-state index in [1.165, 1.54) is 24.1 Å². The molecule has 0 aromatic carbocycles. The standard InChI is InChI=1S/C21H30N4O/c1-13-16-6-5-7-18(16)25-19(23-13)17(12-22-25)20(26)24-15-10-8-14(9-11-15)21(2,3)4/h12,14-15H,5-11H2,1-4H3,(H,24,26). The molecule has 5 heteroatoms. The molecule has 0 saturated heterocycles. The second-order valence-electron chi connectivity index (χ2n) is 9.16. The number of carbonyl (C=O) groups excluding carboxylic acids is 1. The van der Waals surface area contributed by atoms with Crippen LogP contribution in [0.25, 0.3) is 5.65 Å². The van der Waals surface area contributed by atoms with E-state index < -0.39 is 0 Å². The molecule has 1 amide bonds. The summed E-state index contributed by atoms with van der Waals surface area (Å²) in [5, 5.41) is 7.72. The zero-order valence-corrected chi connectivity index (χ0v) is 16.4. The summed E-state index contributed by atoms with van der Waals surface area (Å²) in [6.45, 7) is 9.01. The van der Waals surface area contributed by atoms with Crippen molar-refractivity contribution in [2.75, 3.05) is 0 Å². The Hall–Kier alpha value is -1.91. The summed E-state index contributed by atoms with van der Waals surface area (Å²) < 4.78 is 1.89. The van der Waals surface area contributed by atoms with Gasteiger partial charge in [0.1, 0.15) is 5.56 Å². The van der Waals surface area contributed by atoms with Crippen LogP contribution in [0.3, 0.4) is 0 Å². The van der Waals surface area contributed by atoms with E-state index in [1.54, 1.807) is 6.20 Å². The molecule has 0 spiro atoms. The van der Waals surface area contributed by atoms with Crippen LogP contribution in [-0.2, 0) is 12.8 Å². The zero-order chi connectivity index (χ0) is 18.5. The smallest absolute Gasteiger partial charge is 0.256 e. The number of carbonyl (C=O) groups is 1. The maximum absolute atomic E-state index is 12.9. The van der Waals surface area contributed by atoms with Crippen molar-refractivity contribution in [3.05, 3.63) is 28.7 Å². The highest BCUT2D eigenvalue weighted by Gasteiger charge is 2.31. The highest BCUT2D eigenvalue weighted by Crippen LogP contribution is 2.37. The average Bonchev–Trinajstić information content (AvgIpc) is 3.21. The third-order valence-electron chi connectivity index (χ3n) is 6.43. The first kappa shape index (κ1) is 17.5. The van der Waals surface area contributed by atoms with Gasteiger partial charge in [-0.05, 0) is 68.8 Å². The van der Waals surface area contributed by atoms with Crippen molar-refractivity contribution in [1.82, 2.24) is 19.9 Å². The Morgan fingerprint density at radius 3 is 2.62 bits per heavy atom. The summed E-state index contributed by atoms with van der Waals surface area (Å²) in [6.07, 6.45) is 9.44. The van der Waals surface area contributed by atoms with E-state index in [0.717, 1.165) is 43.7 Å². The number of aromatic nitrogens is 3. The van der Waals surface area contributed by atoms with E-state index in [4.69, 9.17) is 4.98 Å². The van der Waals surface area contributed by atoms with Crippen molar-refractivity contribution in [2.24, 2.45) is 11.3 Å². The third-order valence-corrected chi connectivity index (χ3v) is 6.43. The minimum absolute atomic E-state index is 0.0240. The molecule has 2 heterocycles. The van der Waals surface area contributed by atoms with E-state index in [0.29, 0.717) is 16.6 Å². The van der Waals surface area contributed by atoms with Crippen molar-refractivity contribution < 1.29 is 4.79 Å². The largest absolute Gasteiger partial charge is 0.349 e. The van der Waals surface area contributed by atoms with E-state index in [2.05, 4.69) is 31.2 Å². The van der Waals surface area contributed by atoms with Crippen LogP contribution in [0.5, 0.6) is 0 Å². The van der Waals surface area contributed by atoms with Gasteiger partial charge in [-0.2, -0.15) is 5.10 Å². The Kier molecular flexibility index (Phi) is 4.28. The SMILES string of the molecule is Cc1nc2c(C(=O)NC3CCC(C(C)(C)C)CC3)cnn2c2c1CCC2. The van der Waals surface area contributed by atoms with Crippen LogP contribution in [0.4, 0.5) is 0 Å². The number of nitrogens with one attached hydrogen (secondary N) is 1. The highest BCUT2D eigenvalue weighted by molar-refractivity contribution is 5.99. The molecule has 2 aliphatic rings. The molecule has 2 aliphatic carbocycles. The van der Waals surface area contributed by atoms with Gasteiger partial charge in [-0.3, -0.25) is 4.79 Å². The van der Waals surface area contributed by atoms with Crippen LogP contribution in [0.1, 0.15) is 80.2 Å². The molecule has 2 aromatic rings. The van der Waals surface area contributed by atoms with Gasteiger partial charge < -0.3 is 5.32 Å². The van der Waals surface area contributed by atoms with E-state index >= 15 is 0 Å².